The van der Waals surface area contributed by atoms with Crippen molar-refractivity contribution in [2.75, 3.05) is 46.0 Å². The summed E-state index contributed by atoms with van der Waals surface area (Å²) in [6, 6.07) is 3.92. The van der Waals surface area contributed by atoms with Gasteiger partial charge in [-0.3, -0.25) is 9.88 Å². The van der Waals surface area contributed by atoms with Gasteiger partial charge in [-0.1, -0.05) is 0 Å². The number of rotatable bonds is 6. The summed E-state index contributed by atoms with van der Waals surface area (Å²) in [7, 11) is 0. The molecule has 5 nitrogen and oxygen atoms in total. The van der Waals surface area contributed by atoms with Gasteiger partial charge >= 0.3 is 0 Å². The van der Waals surface area contributed by atoms with Crippen molar-refractivity contribution in [1.82, 2.24) is 9.88 Å². The Hall–Kier alpha value is -1.17. The molecule has 5 heteroatoms. The van der Waals surface area contributed by atoms with Crippen LogP contribution in [-0.2, 0) is 11.2 Å². The van der Waals surface area contributed by atoms with E-state index in [1.54, 1.807) is 6.20 Å². The molecule has 2 rings (SSSR count). The first-order valence-electron chi connectivity index (χ1n) is 6.46. The maximum Gasteiger partial charge on any atom is 0.137 e. The van der Waals surface area contributed by atoms with Crippen LogP contribution in [0.25, 0.3) is 0 Å². The van der Waals surface area contributed by atoms with Gasteiger partial charge in [0.25, 0.3) is 0 Å². The van der Waals surface area contributed by atoms with E-state index in [4.69, 9.17) is 15.2 Å². The fourth-order valence-electron chi connectivity index (χ4n) is 1.91. The molecule has 1 saturated heterocycles. The Bertz CT molecular complexity index is 337. The molecular weight excluding hydrogens is 230 g/mol. The maximum atomic E-state index is 5.67. The standard InChI is InChI=1S/C13H21N3O2/c14-4-3-12-1-2-13(11-15-12)18-10-7-16-5-8-17-9-6-16/h1-2,11H,3-10,14H2. The van der Waals surface area contributed by atoms with Crippen LogP contribution in [0.15, 0.2) is 18.3 Å². The van der Waals surface area contributed by atoms with Gasteiger partial charge in [-0.15, -0.1) is 0 Å². The summed E-state index contributed by atoms with van der Waals surface area (Å²) in [4.78, 5) is 6.64. The van der Waals surface area contributed by atoms with E-state index in [0.29, 0.717) is 13.2 Å². The number of ether oxygens (including phenoxy) is 2. The van der Waals surface area contributed by atoms with E-state index in [2.05, 4.69) is 9.88 Å². The lowest BCUT2D eigenvalue weighted by Crippen LogP contribution is -2.38. The highest BCUT2D eigenvalue weighted by Crippen LogP contribution is 2.09. The van der Waals surface area contributed by atoms with Crippen LogP contribution in [-0.4, -0.2) is 55.9 Å². The molecule has 1 aliphatic rings. The van der Waals surface area contributed by atoms with Crippen LogP contribution in [0, 0.1) is 0 Å². The Morgan fingerprint density at radius 3 is 2.83 bits per heavy atom. The van der Waals surface area contributed by atoms with Crippen molar-refractivity contribution >= 4 is 0 Å². The molecule has 1 fully saturated rings. The Kier molecular flexibility index (Phi) is 5.38. The van der Waals surface area contributed by atoms with Crippen LogP contribution in [0.3, 0.4) is 0 Å². The molecule has 18 heavy (non-hydrogen) atoms. The van der Waals surface area contributed by atoms with Gasteiger partial charge in [-0.05, 0) is 18.7 Å². The third kappa shape index (κ3) is 4.25. The molecule has 0 radical (unpaired) electrons. The number of pyridine rings is 1. The van der Waals surface area contributed by atoms with E-state index < -0.39 is 0 Å². The number of aromatic nitrogens is 1. The van der Waals surface area contributed by atoms with Gasteiger partial charge in [0.2, 0.25) is 0 Å². The van der Waals surface area contributed by atoms with Gasteiger partial charge in [0.1, 0.15) is 12.4 Å². The van der Waals surface area contributed by atoms with E-state index in [9.17, 15) is 0 Å². The summed E-state index contributed by atoms with van der Waals surface area (Å²) in [5.41, 5.74) is 6.49. The van der Waals surface area contributed by atoms with Crippen LogP contribution in [0.2, 0.25) is 0 Å². The summed E-state index contributed by atoms with van der Waals surface area (Å²) in [5.74, 6) is 0.823. The van der Waals surface area contributed by atoms with E-state index in [1.807, 2.05) is 12.1 Å². The van der Waals surface area contributed by atoms with E-state index in [-0.39, 0.29) is 0 Å². The topological polar surface area (TPSA) is 60.6 Å². The zero-order valence-electron chi connectivity index (χ0n) is 10.7. The number of morpholine rings is 1. The van der Waals surface area contributed by atoms with Crippen molar-refractivity contribution in [3.05, 3.63) is 24.0 Å². The first-order valence-corrected chi connectivity index (χ1v) is 6.46. The van der Waals surface area contributed by atoms with Crippen LogP contribution in [0.5, 0.6) is 5.75 Å². The van der Waals surface area contributed by atoms with Crippen LogP contribution < -0.4 is 10.5 Å². The number of hydrogen-bond donors (Lipinski definition) is 1. The minimum absolute atomic E-state index is 0.629. The predicted molar refractivity (Wildman–Crippen MR) is 69.7 cm³/mol. The Morgan fingerprint density at radius 1 is 1.33 bits per heavy atom. The van der Waals surface area contributed by atoms with Gasteiger partial charge in [0.15, 0.2) is 0 Å². The quantitative estimate of drug-likeness (QED) is 0.787. The fourth-order valence-corrected chi connectivity index (χ4v) is 1.91. The number of hydrogen-bond acceptors (Lipinski definition) is 5. The number of nitrogens with two attached hydrogens (primary N) is 1. The van der Waals surface area contributed by atoms with Gasteiger partial charge in [0.05, 0.1) is 19.4 Å². The second-order valence-electron chi connectivity index (χ2n) is 4.33. The second kappa shape index (κ2) is 7.31. The van der Waals surface area contributed by atoms with Crippen molar-refractivity contribution in [3.8, 4) is 5.75 Å². The molecular formula is C13H21N3O2. The highest BCUT2D eigenvalue weighted by atomic mass is 16.5. The zero-order chi connectivity index (χ0) is 12.6. The lowest BCUT2D eigenvalue weighted by Gasteiger charge is -2.26. The molecule has 100 valence electrons. The van der Waals surface area contributed by atoms with Crippen molar-refractivity contribution in [3.63, 3.8) is 0 Å². The molecule has 1 aliphatic heterocycles. The van der Waals surface area contributed by atoms with Crippen LogP contribution in [0.4, 0.5) is 0 Å². The molecule has 0 spiro atoms. The average Bonchev–Trinajstić information content (AvgIpc) is 2.42. The lowest BCUT2D eigenvalue weighted by molar-refractivity contribution is 0.0322. The Balaban J connectivity index is 1.69. The number of nitrogens with zero attached hydrogens (tertiary/aromatic N) is 2. The first-order chi connectivity index (χ1) is 8.88. The minimum atomic E-state index is 0.629. The zero-order valence-corrected chi connectivity index (χ0v) is 10.7. The van der Waals surface area contributed by atoms with Gasteiger partial charge in [-0.25, -0.2) is 0 Å². The average molecular weight is 251 g/mol. The smallest absolute Gasteiger partial charge is 0.137 e. The Labute approximate surface area is 108 Å². The summed E-state index contributed by atoms with van der Waals surface area (Å²) in [6.07, 6.45) is 2.58. The third-order valence-corrected chi connectivity index (χ3v) is 2.98. The largest absolute Gasteiger partial charge is 0.491 e. The molecule has 0 bridgehead atoms. The molecule has 1 aromatic rings. The van der Waals surface area contributed by atoms with Crippen LogP contribution in [0.1, 0.15) is 5.69 Å². The predicted octanol–water partition coefficient (Wildman–Crippen LogP) is 0.294. The van der Waals surface area contributed by atoms with Crippen molar-refractivity contribution in [1.29, 1.82) is 0 Å². The highest BCUT2D eigenvalue weighted by molar-refractivity contribution is 5.19. The van der Waals surface area contributed by atoms with Gasteiger partial charge in [-0.2, -0.15) is 0 Å². The fraction of sp³-hybridized carbons (Fsp3) is 0.615. The molecule has 0 atom stereocenters. The minimum Gasteiger partial charge on any atom is -0.491 e. The molecule has 0 saturated carbocycles. The SMILES string of the molecule is NCCc1ccc(OCCN2CCOCC2)cn1. The molecule has 0 unspecified atom stereocenters. The molecule has 0 aromatic carbocycles. The van der Waals surface area contributed by atoms with Crippen molar-refractivity contribution in [2.24, 2.45) is 5.73 Å². The summed E-state index contributed by atoms with van der Waals surface area (Å²) < 4.78 is 11.0. The Morgan fingerprint density at radius 2 is 2.17 bits per heavy atom. The van der Waals surface area contributed by atoms with Gasteiger partial charge in [0, 0.05) is 31.7 Å². The molecule has 2 heterocycles. The maximum absolute atomic E-state index is 5.67. The molecule has 0 amide bonds. The third-order valence-electron chi connectivity index (χ3n) is 2.98. The monoisotopic (exact) mass is 251 g/mol. The first kappa shape index (κ1) is 13.3. The second-order valence-corrected chi connectivity index (χ2v) is 4.33. The molecule has 1 aromatic heterocycles. The normalized spacial score (nSPS) is 16.7. The molecule has 0 aliphatic carbocycles. The van der Waals surface area contributed by atoms with E-state index in [1.165, 1.54) is 0 Å². The van der Waals surface area contributed by atoms with E-state index >= 15 is 0 Å². The summed E-state index contributed by atoms with van der Waals surface area (Å²) in [5, 5.41) is 0. The summed E-state index contributed by atoms with van der Waals surface area (Å²) in [6.45, 7) is 5.91. The van der Waals surface area contributed by atoms with Crippen LogP contribution >= 0.6 is 0 Å². The summed E-state index contributed by atoms with van der Waals surface area (Å²) >= 11 is 0. The van der Waals surface area contributed by atoms with Crippen molar-refractivity contribution in [2.45, 2.75) is 6.42 Å². The van der Waals surface area contributed by atoms with Crippen molar-refractivity contribution < 1.29 is 9.47 Å². The highest BCUT2D eigenvalue weighted by Gasteiger charge is 2.09. The molecule has 2 N–H and O–H groups in total. The lowest BCUT2D eigenvalue weighted by atomic mass is 10.3. The van der Waals surface area contributed by atoms with Gasteiger partial charge < -0.3 is 15.2 Å². The van der Waals surface area contributed by atoms with E-state index in [0.717, 1.165) is 50.7 Å².